The average Bonchev–Trinajstić information content (AvgIpc) is 2.95. The molecule has 2 N–H and O–H groups in total. The predicted molar refractivity (Wildman–Crippen MR) is 94.1 cm³/mol. The quantitative estimate of drug-likeness (QED) is 0.856. The summed E-state index contributed by atoms with van der Waals surface area (Å²) in [5.74, 6) is -0.740. The number of amides is 1. The van der Waals surface area contributed by atoms with Crippen molar-refractivity contribution < 1.29 is 9.18 Å². The molecule has 0 radical (unpaired) electrons. The number of nitrogens with zero attached hydrogens (tertiary/aromatic N) is 1. The molecule has 1 aliphatic heterocycles. The molecule has 126 valence electrons. The molecule has 22 heavy (non-hydrogen) atoms. The highest BCUT2D eigenvalue weighted by molar-refractivity contribution is 5.96. The first-order valence-electron chi connectivity index (χ1n) is 7.12. The SMILES string of the molecule is CNCC(C)C(=O)Nc1c(F)cccc1N1CCCC1.Cl.Cl. The number of benzene rings is 1. The van der Waals surface area contributed by atoms with E-state index in [-0.39, 0.29) is 42.5 Å². The van der Waals surface area contributed by atoms with Crippen molar-refractivity contribution in [3.63, 3.8) is 0 Å². The van der Waals surface area contributed by atoms with Gasteiger partial charge in [-0.2, -0.15) is 0 Å². The minimum Gasteiger partial charge on any atom is -0.370 e. The fourth-order valence-corrected chi connectivity index (χ4v) is 2.50. The summed E-state index contributed by atoms with van der Waals surface area (Å²) >= 11 is 0. The van der Waals surface area contributed by atoms with Gasteiger partial charge in [0.2, 0.25) is 5.91 Å². The summed E-state index contributed by atoms with van der Waals surface area (Å²) in [4.78, 5) is 14.2. The van der Waals surface area contributed by atoms with E-state index in [1.165, 1.54) is 6.07 Å². The second-order valence-electron chi connectivity index (χ2n) is 5.28. The highest BCUT2D eigenvalue weighted by Crippen LogP contribution is 2.31. The van der Waals surface area contributed by atoms with E-state index in [1.54, 1.807) is 13.1 Å². The largest absolute Gasteiger partial charge is 0.370 e. The molecule has 1 aromatic carbocycles. The van der Waals surface area contributed by atoms with Crippen LogP contribution in [0.15, 0.2) is 18.2 Å². The molecule has 7 heteroatoms. The van der Waals surface area contributed by atoms with Crippen LogP contribution in [0.25, 0.3) is 0 Å². The molecule has 0 bridgehead atoms. The number of rotatable bonds is 5. The third-order valence-electron chi connectivity index (χ3n) is 3.64. The smallest absolute Gasteiger partial charge is 0.228 e. The van der Waals surface area contributed by atoms with E-state index in [0.717, 1.165) is 31.6 Å². The topological polar surface area (TPSA) is 44.4 Å². The van der Waals surface area contributed by atoms with E-state index in [2.05, 4.69) is 15.5 Å². The molecule has 1 aromatic rings. The van der Waals surface area contributed by atoms with Crippen molar-refractivity contribution in [1.82, 2.24) is 5.32 Å². The lowest BCUT2D eigenvalue weighted by Gasteiger charge is -2.22. The van der Waals surface area contributed by atoms with E-state index < -0.39 is 0 Å². The van der Waals surface area contributed by atoms with Crippen molar-refractivity contribution in [2.45, 2.75) is 19.8 Å². The maximum Gasteiger partial charge on any atom is 0.228 e. The number of hydrogen-bond acceptors (Lipinski definition) is 3. The fourth-order valence-electron chi connectivity index (χ4n) is 2.50. The summed E-state index contributed by atoms with van der Waals surface area (Å²) in [7, 11) is 1.79. The van der Waals surface area contributed by atoms with E-state index in [1.807, 2.05) is 13.0 Å². The van der Waals surface area contributed by atoms with Gasteiger partial charge in [0, 0.05) is 25.6 Å². The molecule has 4 nitrogen and oxygen atoms in total. The Morgan fingerprint density at radius 2 is 1.95 bits per heavy atom. The zero-order valence-corrected chi connectivity index (χ0v) is 14.5. The Bertz CT molecular complexity index is 482. The zero-order valence-electron chi connectivity index (χ0n) is 12.9. The van der Waals surface area contributed by atoms with Crippen LogP contribution in [0.3, 0.4) is 0 Å². The van der Waals surface area contributed by atoms with Crippen LogP contribution in [0.1, 0.15) is 19.8 Å². The first-order chi connectivity index (χ1) is 9.63. The zero-order chi connectivity index (χ0) is 14.5. The third kappa shape index (κ3) is 5.00. The molecule has 1 amide bonds. The van der Waals surface area contributed by atoms with Crippen molar-refractivity contribution in [3.05, 3.63) is 24.0 Å². The minimum atomic E-state index is -0.376. The normalized spacial score (nSPS) is 14.8. The van der Waals surface area contributed by atoms with Crippen molar-refractivity contribution in [2.24, 2.45) is 5.92 Å². The van der Waals surface area contributed by atoms with Crippen LogP contribution in [-0.2, 0) is 4.79 Å². The first kappa shape index (κ1) is 21.0. The lowest BCUT2D eigenvalue weighted by Crippen LogP contribution is -2.30. The number of halogens is 3. The number of carbonyl (C=O) groups excluding carboxylic acids is 1. The van der Waals surface area contributed by atoms with Gasteiger partial charge in [-0.05, 0) is 32.0 Å². The Kier molecular flexibility index (Phi) is 9.41. The third-order valence-corrected chi connectivity index (χ3v) is 3.64. The Labute approximate surface area is 143 Å². The molecular formula is C15H24Cl2FN3O. The Morgan fingerprint density at radius 1 is 1.32 bits per heavy atom. The van der Waals surface area contributed by atoms with Crippen LogP contribution in [-0.4, -0.2) is 32.6 Å². The highest BCUT2D eigenvalue weighted by Gasteiger charge is 2.21. The van der Waals surface area contributed by atoms with Crippen molar-refractivity contribution in [3.8, 4) is 0 Å². The van der Waals surface area contributed by atoms with E-state index >= 15 is 0 Å². The number of nitrogens with one attached hydrogen (secondary N) is 2. The summed E-state index contributed by atoms with van der Waals surface area (Å²) in [6, 6.07) is 4.94. The van der Waals surface area contributed by atoms with Gasteiger partial charge in [-0.25, -0.2) is 4.39 Å². The van der Waals surface area contributed by atoms with Crippen LogP contribution in [0.4, 0.5) is 15.8 Å². The van der Waals surface area contributed by atoms with Crippen LogP contribution < -0.4 is 15.5 Å². The molecule has 1 aliphatic rings. The molecule has 1 fully saturated rings. The maximum atomic E-state index is 14.1. The summed E-state index contributed by atoms with van der Waals surface area (Å²) in [6.45, 7) is 4.22. The van der Waals surface area contributed by atoms with E-state index in [9.17, 15) is 9.18 Å². The monoisotopic (exact) mass is 351 g/mol. The first-order valence-corrected chi connectivity index (χ1v) is 7.12. The van der Waals surface area contributed by atoms with Gasteiger partial charge >= 0.3 is 0 Å². The molecule has 1 unspecified atom stereocenters. The molecule has 0 saturated carbocycles. The summed E-state index contributed by atoms with van der Waals surface area (Å²) in [5, 5.41) is 5.70. The second kappa shape index (κ2) is 9.87. The highest BCUT2D eigenvalue weighted by atomic mass is 35.5. The lowest BCUT2D eigenvalue weighted by atomic mass is 10.1. The number of anilines is 2. The second-order valence-corrected chi connectivity index (χ2v) is 5.28. The molecule has 1 heterocycles. The Hall–Kier alpha value is -1.04. The summed E-state index contributed by atoms with van der Waals surface area (Å²) in [5.41, 5.74) is 1.09. The van der Waals surface area contributed by atoms with Crippen LogP contribution >= 0.6 is 24.8 Å². The van der Waals surface area contributed by atoms with Gasteiger partial charge in [0.1, 0.15) is 11.5 Å². The van der Waals surface area contributed by atoms with E-state index in [4.69, 9.17) is 0 Å². The van der Waals surface area contributed by atoms with Gasteiger partial charge in [0.25, 0.3) is 0 Å². The van der Waals surface area contributed by atoms with Gasteiger partial charge in [0.15, 0.2) is 0 Å². The minimum absolute atomic E-state index is 0. The van der Waals surface area contributed by atoms with Gasteiger partial charge in [0.05, 0.1) is 5.69 Å². The molecular weight excluding hydrogens is 328 g/mol. The van der Waals surface area contributed by atoms with Gasteiger partial charge in [-0.15, -0.1) is 24.8 Å². The van der Waals surface area contributed by atoms with Crippen molar-refractivity contribution >= 4 is 42.1 Å². The lowest BCUT2D eigenvalue weighted by molar-refractivity contribution is -0.119. The average molecular weight is 352 g/mol. The van der Waals surface area contributed by atoms with Crippen LogP contribution in [0.2, 0.25) is 0 Å². The van der Waals surface area contributed by atoms with E-state index in [0.29, 0.717) is 12.2 Å². The summed E-state index contributed by atoms with van der Waals surface area (Å²) < 4.78 is 14.1. The Morgan fingerprint density at radius 3 is 2.55 bits per heavy atom. The van der Waals surface area contributed by atoms with Crippen molar-refractivity contribution in [1.29, 1.82) is 0 Å². The van der Waals surface area contributed by atoms with Crippen LogP contribution in [0.5, 0.6) is 0 Å². The molecule has 0 aliphatic carbocycles. The van der Waals surface area contributed by atoms with Gasteiger partial charge in [-0.1, -0.05) is 13.0 Å². The van der Waals surface area contributed by atoms with Gasteiger partial charge in [-0.3, -0.25) is 4.79 Å². The van der Waals surface area contributed by atoms with Crippen LogP contribution in [0, 0.1) is 11.7 Å². The molecule has 0 spiro atoms. The summed E-state index contributed by atoms with van der Waals surface area (Å²) in [6.07, 6.45) is 2.22. The van der Waals surface area contributed by atoms with Crippen molar-refractivity contribution in [2.75, 3.05) is 36.9 Å². The number of carbonyl (C=O) groups is 1. The predicted octanol–water partition coefficient (Wildman–Crippen LogP) is 3.06. The fraction of sp³-hybridized carbons (Fsp3) is 0.533. The van der Waals surface area contributed by atoms with Gasteiger partial charge < -0.3 is 15.5 Å². The molecule has 1 saturated heterocycles. The molecule has 1 atom stereocenters. The molecule has 0 aromatic heterocycles. The maximum absolute atomic E-state index is 14.1. The number of hydrogen-bond donors (Lipinski definition) is 2. The standard InChI is InChI=1S/C15H22FN3O.2ClH/c1-11(10-17-2)15(20)18-14-12(16)6-5-7-13(14)19-8-3-4-9-19;;/h5-7,11,17H,3-4,8-10H2,1-2H3,(H,18,20);2*1H. The Balaban J connectivity index is 0.00000220. The number of para-hydroxylation sites is 1. The molecule has 2 rings (SSSR count).